The van der Waals surface area contributed by atoms with Crippen molar-refractivity contribution in [2.75, 3.05) is 19.6 Å². The molecule has 5 nitrogen and oxygen atoms in total. The first kappa shape index (κ1) is 18.1. The van der Waals surface area contributed by atoms with Crippen molar-refractivity contribution in [1.82, 2.24) is 14.8 Å². The number of carbonyl (C=O) groups is 2. The summed E-state index contributed by atoms with van der Waals surface area (Å²) in [5.74, 6) is 0.0638. The highest BCUT2D eigenvalue weighted by Gasteiger charge is 2.26. The van der Waals surface area contributed by atoms with E-state index in [2.05, 4.69) is 37.0 Å². The van der Waals surface area contributed by atoms with Crippen molar-refractivity contribution in [3.63, 3.8) is 0 Å². The van der Waals surface area contributed by atoms with E-state index in [1.165, 1.54) is 11.1 Å². The van der Waals surface area contributed by atoms with E-state index in [0.29, 0.717) is 32.5 Å². The summed E-state index contributed by atoms with van der Waals surface area (Å²) in [5.41, 5.74) is 4.65. The van der Waals surface area contributed by atoms with Crippen LogP contribution >= 0.6 is 0 Å². The van der Waals surface area contributed by atoms with Gasteiger partial charge in [-0.1, -0.05) is 29.3 Å². The first-order valence-electron chi connectivity index (χ1n) is 9.03. The Morgan fingerprint density at radius 3 is 2.38 bits per heavy atom. The molecule has 0 spiro atoms. The number of carbonyl (C=O) groups excluding carboxylic acids is 2. The van der Waals surface area contributed by atoms with Gasteiger partial charge in [-0.05, 0) is 43.5 Å². The van der Waals surface area contributed by atoms with Gasteiger partial charge in [0, 0.05) is 38.4 Å². The second-order valence-corrected chi connectivity index (χ2v) is 6.98. The summed E-state index contributed by atoms with van der Waals surface area (Å²) in [4.78, 5) is 32.4. The zero-order valence-electron chi connectivity index (χ0n) is 15.4. The topological polar surface area (TPSA) is 53.5 Å². The molecule has 0 bridgehead atoms. The summed E-state index contributed by atoms with van der Waals surface area (Å²) >= 11 is 0. The summed E-state index contributed by atoms with van der Waals surface area (Å²) < 4.78 is 0. The molecule has 1 aliphatic rings. The zero-order valence-corrected chi connectivity index (χ0v) is 15.4. The van der Waals surface area contributed by atoms with E-state index in [9.17, 15) is 9.59 Å². The molecular formula is C21H25N3O2. The van der Waals surface area contributed by atoms with Crippen LogP contribution in [0.15, 0.2) is 42.7 Å². The van der Waals surface area contributed by atoms with Crippen LogP contribution in [0.3, 0.4) is 0 Å². The first-order valence-corrected chi connectivity index (χ1v) is 9.03. The Bertz CT molecular complexity index is 769. The fraction of sp³-hybridized carbons (Fsp3) is 0.381. The Labute approximate surface area is 154 Å². The van der Waals surface area contributed by atoms with Crippen molar-refractivity contribution >= 4 is 11.8 Å². The Hall–Kier alpha value is -2.69. The van der Waals surface area contributed by atoms with Crippen LogP contribution in [0.4, 0.5) is 0 Å². The van der Waals surface area contributed by atoms with E-state index in [1.54, 1.807) is 17.3 Å². The maximum atomic E-state index is 12.5. The maximum absolute atomic E-state index is 12.5. The fourth-order valence-electron chi connectivity index (χ4n) is 3.43. The molecule has 2 aromatic rings. The minimum Gasteiger partial charge on any atom is -0.335 e. The van der Waals surface area contributed by atoms with Crippen LogP contribution in [0.1, 0.15) is 28.7 Å². The van der Waals surface area contributed by atoms with Gasteiger partial charge in [-0.25, -0.2) is 0 Å². The number of aromatic nitrogens is 1. The van der Waals surface area contributed by atoms with Gasteiger partial charge in [0.2, 0.25) is 11.8 Å². The highest BCUT2D eigenvalue weighted by Crippen LogP contribution is 2.14. The Morgan fingerprint density at radius 2 is 1.73 bits per heavy atom. The van der Waals surface area contributed by atoms with Crippen molar-refractivity contribution in [3.05, 3.63) is 65.0 Å². The van der Waals surface area contributed by atoms with Crippen molar-refractivity contribution in [1.29, 1.82) is 0 Å². The average Bonchev–Trinajstić information content (AvgIpc) is 2.61. The summed E-state index contributed by atoms with van der Waals surface area (Å²) in [6, 6.07) is 10.2. The predicted molar refractivity (Wildman–Crippen MR) is 100 cm³/mol. The number of rotatable bonds is 5. The van der Waals surface area contributed by atoms with Crippen LogP contribution in [0.5, 0.6) is 0 Å². The van der Waals surface area contributed by atoms with Crippen LogP contribution in [0.25, 0.3) is 0 Å². The molecule has 26 heavy (non-hydrogen) atoms. The normalized spacial score (nSPS) is 14.6. The molecule has 0 saturated carbocycles. The van der Waals surface area contributed by atoms with Crippen molar-refractivity contribution < 1.29 is 9.59 Å². The molecule has 5 heteroatoms. The zero-order chi connectivity index (χ0) is 18.5. The van der Waals surface area contributed by atoms with Crippen LogP contribution in [-0.2, 0) is 22.6 Å². The van der Waals surface area contributed by atoms with Crippen molar-refractivity contribution in [3.8, 4) is 0 Å². The lowest BCUT2D eigenvalue weighted by Gasteiger charge is -2.34. The smallest absolute Gasteiger partial charge is 0.242 e. The SMILES string of the molecule is Cc1cc(C)cc(CN2CCN(C(=O)CCc3ccncc3)CC2=O)c1. The molecule has 3 rings (SSSR count). The number of piperazine rings is 1. The number of hydrogen-bond donors (Lipinski definition) is 0. The van der Waals surface area contributed by atoms with Crippen molar-refractivity contribution in [2.45, 2.75) is 33.2 Å². The minimum absolute atomic E-state index is 0.0210. The van der Waals surface area contributed by atoms with Gasteiger partial charge in [0.15, 0.2) is 0 Å². The highest BCUT2D eigenvalue weighted by atomic mass is 16.2. The Morgan fingerprint density at radius 1 is 1.04 bits per heavy atom. The number of hydrogen-bond acceptors (Lipinski definition) is 3. The molecule has 2 heterocycles. The molecule has 0 N–H and O–H groups in total. The van der Waals surface area contributed by atoms with Crippen LogP contribution < -0.4 is 0 Å². The second kappa shape index (κ2) is 8.13. The van der Waals surface area contributed by atoms with E-state index in [-0.39, 0.29) is 18.4 Å². The maximum Gasteiger partial charge on any atom is 0.242 e. The van der Waals surface area contributed by atoms with Gasteiger partial charge >= 0.3 is 0 Å². The van der Waals surface area contributed by atoms with E-state index >= 15 is 0 Å². The fourth-order valence-corrected chi connectivity index (χ4v) is 3.43. The standard InChI is InChI=1S/C21H25N3O2/c1-16-11-17(2)13-19(12-16)14-23-9-10-24(15-21(23)26)20(25)4-3-18-5-7-22-8-6-18/h5-8,11-13H,3-4,9-10,14-15H2,1-2H3. The summed E-state index contributed by atoms with van der Waals surface area (Å²) in [7, 11) is 0. The van der Waals surface area contributed by atoms with Gasteiger partial charge in [0.05, 0.1) is 6.54 Å². The molecule has 0 unspecified atom stereocenters. The van der Waals surface area contributed by atoms with E-state index in [0.717, 1.165) is 11.1 Å². The van der Waals surface area contributed by atoms with Gasteiger partial charge < -0.3 is 9.80 Å². The molecule has 0 radical (unpaired) electrons. The van der Waals surface area contributed by atoms with Gasteiger partial charge in [0.25, 0.3) is 0 Å². The molecule has 136 valence electrons. The molecule has 2 amide bonds. The third kappa shape index (κ3) is 4.69. The predicted octanol–water partition coefficient (Wildman–Crippen LogP) is 2.50. The molecule has 1 aromatic carbocycles. The molecular weight excluding hydrogens is 326 g/mol. The third-order valence-electron chi connectivity index (χ3n) is 4.70. The summed E-state index contributed by atoms with van der Waals surface area (Å²) in [5, 5.41) is 0. The first-order chi connectivity index (χ1) is 12.5. The summed E-state index contributed by atoms with van der Waals surface area (Å²) in [6.07, 6.45) is 4.57. The molecule has 0 aliphatic carbocycles. The average molecular weight is 351 g/mol. The van der Waals surface area contributed by atoms with Crippen molar-refractivity contribution in [2.24, 2.45) is 0 Å². The van der Waals surface area contributed by atoms with Crippen LogP contribution in [0.2, 0.25) is 0 Å². The highest BCUT2D eigenvalue weighted by molar-refractivity contribution is 5.86. The Balaban J connectivity index is 1.52. The molecule has 1 aliphatic heterocycles. The second-order valence-electron chi connectivity index (χ2n) is 6.98. The van der Waals surface area contributed by atoms with Gasteiger partial charge in [-0.15, -0.1) is 0 Å². The number of aryl methyl sites for hydroxylation is 3. The molecule has 1 aromatic heterocycles. The lowest BCUT2D eigenvalue weighted by Crippen LogP contribution is -2.51. The largest absolute Gasteiger partial charge is 0.335 e. The van der Waals surface area contributed by atoms with Gasteiger partial charge in [-0.2, -0.15) is 0 Å². The van der Waals surface area contributed by atoms with Crippen LogP contribution in [0, 0.1) is 13.8 Å². The Kier molecular flexibility index (Phi) is 5.66. The summed E-state index contributed by atoms with van der Waals surface area (Å²) in [6.45, 7) is 6.12. The quantitative estimate of drug-likeness (QED) is 0.832. The monoisotopic (exact) mass is 351 g/mol. The van der Waals surface area contributed by atoms with E-state index in [1.807, 2.05) is 17.0 Å². The number of nitrogens with zero attached hydrogens (tertiary/aromatic N) is 3. The van der Waals surface area contributed by atoms with E-state index < -0.39 is 0 Å². The molecule has 0 atom stereocenters. The lowest BCUT2D eigenvalue weighted by molar-refractivity contribution is -0.145. The van der Waals surface area contributed by atoms with Crippen LogP contribution in [-0.4, -0.2) is 46.2 Å². The number of benzene rings is 1. The molecule has 1 fully saturated rings. The number of amides is 2. The molecule has 1 saturated heterocycles. The third-order valence-corrected chi connectivity index (χ3v) is 4.70. The minimum atomic E-state index is 0.0210. The lowest BCUT2D eigenvalue weighted by atomic mass is 10.1. The number of pyridine rings is 1. The van der Waals surface area contributed by atoms with Gasteiger partial charge in [-0.3, -0.25) is 14.6 Å². The van der Waals surface area contributed by atoms with Gasteiger partial charge in [0.1, 0.15) is 0 Å². The van der Waals surface area contributed by atoms with E-state index in [4.69, 9.17) is 0 Å².